The lowest BCUT2D eigenvalue weighted by Crippen LogP contribution is -2.32. The summed E-state index contributed by atoms with van der Waals surface area (Å²) in [5, 5.41) is -0.865. The summed E-state index contributed by atoms with van der Waals surface area (Å²) >= 11 is 6.64. The molecule has 20 heavy (non-hydrogen) atoms. The Balaban J connectivity index is 2.51. The fourth-order valence-corrected chi connectivity index (χ4v) is 6.01. The van der Waals surface area contributed by atoms with Gasteiger partial charge in [0.25, 0.3) is 0 Å². The van der Waals surface area contributed by atoms with Gasteiger partial charge in [0.1, 0.15) is 0 Å². The molecule has 4 heteroatoms. The quantitative estimate of drug-likeness (QED) is 0.768. The Kier molecular flexibility index (Phi) is 4.50. The first kappa shape index (κ1) is 15.8. The van der Waals surface area contributed by atoms with Crippen molar-refractivity contribution < 1.29 is 8.42 Å². The number of halogens is 1. The van der Waals surface area contributed by atoms with E-state index in [1.54, 1.807) is 0 Å². The Labute approximate surface area is 127 Å². The van der Waals surface area contributed by atoms with E-state index in [2.05, 4.69) is 19.9 Å². The van der Waals surface area contributed by atoms with Crippen LogP contribution in [0.15, 0.2) is 6.07 Å². The van der Waals surface area contributed by atoms with Crippen LogP contribution in [0.3, 0.4) is 0 Å². The van der Waals surface area contributed by atoms with Crippen molar-refractivity contribution >= 4 is 21.4 Å². The van der Waals surface area contributed by atoms with Crippen LogP contribution in [0.1, 0.15) is 52.5 Å². The summed E-state index contributed by atoms with van der Waals surface area (Å²) in [5.41, 5.74) is 5.66. The standard InChI is InChI=1S/C16H23ClO2S/c1-10-9-11(2)13(4)15(12(10)3)16(17)14-7-5-6-8-20(14,18)19/h9,14,16H,5-8H2,1-4H3. The molecule has 1 aromatic rings. The highest BCUT2D eigenvalue weighted by Gasteiger charge is 2.36. The molecular weight excluding hydrogens is 292 g/mol. The molecule has 112 valence electrons. The van der Waals surface area contributed by atoms with Crippen molar-refractivity contribution in [3.05, 3.63) is 33.9 Å². The summed E-state index contributed by atoms with van der Waals surface area (Å²) in [4.78, 5) is 0. The van der Waals surface area contributed by atoms with Crippen LogP contribution in [0.2, 0.25) is 0 Å². The maximum atomic E-state index is 12.3. The van der Waals surface area contributed by atoms with E-state index in [0.717, 1.165) is 29.5 Å². The minimum absolute atomic E-state index is 0.282. The van der Waals surface area contributed by atoms with Gasteiger partial charge in [-0.2, -0.15) is 0 Å². The molecule has 0 bridgehead atoms. The number of hydrogen-bond acceptors (Lipinski definition) is 2. The fraction of sp³-hybridized carbons (Fsp3) is 0.625. The maximum Gasteiger partial charge on any atom is 0.154 e. The topological polar surface area (TPSA) is 34.1 Å². The lowest BCUT2D eigenvalue weighted by atomic mass is 9.90. The van der Waals surface area contributed by atoms with Crippen LogP contribution in [0.25, 0.3) is 0 Å². The molecule has 1 aromatic carbocycles. The summed E-state index contributed by atoms with van der Waals surface area (Å²) < 4.78 is 24.6. The van der Waals surface area contributed by atoms with Crippen LogP contribution in [-0.2, 0) is 9.84 Å². The van der Waals surface area contributed by atoms with Crippen LogP contribution in [-0.4, -0.2) is 19.4 Å². The van der Waals surface area contributed by atoms with Gasteiger partial charge in [-0.15, -0.1) is 11.6 Å². The summed E-state index contributed by atoms with van der Waals surface area (Å²) in [6, 6.07) is 2.15. The van der Waals surface area contributed by atoms with Gasteiger partial charge in [0.2, 0.25) is 0 Å². The molecule has 0 radical (unpaired) electrons. The number of hydrogen-bond donors (Lipinski definition) is 0. The molecule has 0 amide bonds. The van der Waals surface area contributed by atoms with Gasteiger partial charge in [-0.05, 0) is 68.4 Å². The van der Waals surface area contributed by atoms with Gasteiger partial charge < -0.3 is 0 Å². The molecule has 0 N–H and O–H groups in total. The van der Waals surface area contributed by atoms with Crippen molar-refractivity contribution in [3.63, 3.8) is 0 Å². The number of aryl methyl sites for hydroxylation is 2. The molecule has 1 aliphatic heterocycles. The van der Waals surface area contributed by atoms with E-state index in [1.165, 1.54) is 11.1 Å². The van der Waals surface area contributed by atoms with Crippen molar-refractivity contribution in [1.29, 1.82) is 0 Å². The molecule has 1 heterocycles. The Morgan fingerprint density at radius 1 is 1.10 bits per heavy atom. The smallest absolute Gasteiger partial charge is 0.154 e. The second-order valence-corrected chi connectivity index (χ2v) is 8.79. The third kappa shape index (κ3) is 2.75. The Bertz CT molecular complexity index is 594. The molecule has 2 nitrogen and oxygen atoms in total. The lowest BCUT2D eigenvalue weighted by Gasteiger charge is -2.29. The summed E-state index contributed by atoms with van der Waals surface area (Å²) in [6.07, 6.45) is 2.41. The molecule has 0 spiro atoms. The molecule has 2 rings (SSSR count). The molecule has 0 saturated carbocycles. The van der Waals surface area contributed by atoms with Crippen LogP contribution < -0.4 is 0 Å². The number of alkyl halides is 1. The average Bonchev–Trinajstić information content (AvgIpc) is 2.36. The molecule has 1 aliphatic rings. The highest BCUT2D eigenvalue weighted by Crippen LogP contribution is 2.39. The molecule has 0 aromatic heterocycles. The molecule has 1 saturated heterocycles. The van der Waals surface area contributed by atoms with Gasteiger partial charge in [0, 0.05) is 0 Å². The predicted molar refractivity (Wildman–Crippen MR) is 85.4 cm³/mol. The van der Waals surface area contributed by atoms with Crippen LogP contribution in [0.5, 0.6) is 0 Å². The first-order valence-corrected chi connectivity index (χ1v) is 9.34. The summed E-state index contributed by atoms with van der Waals surface area (Å²) in [7, 11) is -3.06. The van der Waals surface area contributed by atoms with Crippen molar-refractivity contribution in [1.82, 2.24) is 0 Å². The Morgan fingerprint density at radius 2 is 1.65 bits per heavy atom. The zero-order valence-corrected chi connectivity index (χ0v) is 14.2. The van der Waals surface area contributed by atoms with E-state index in [-0.39, 0.29) is 5.75 Å². The predicted octanol–water partition coefficient (Wildman–Crippen LogP) is 4.17. The zero-order valence-electron chi connectivity index (χ0n) is 12.7. The normalized spacial score (nSPS) is 23.6. The lowest BCUT2D eigenvalue weighted by molar-refractivity contribution is 0.533. The SMILES string of the molecule is Cc1cc(C)c(C)c(C(Cl)C2CCCCS2(=O)=O)c1C. The first-order chi connectivity index (χ1) is 9.25. The summed E-state index contributed by atoms with van der Waals surface area (Å²) in [5.74, 6) is 0.282. The van der Waals surface area contributed by atoms with E-state index in [4.69, 9.17) is 11.6 Å². The van der Waals surface area contributed by atoms with Crippen LogP contribution >= 0.6 is 11.6 Å². The number of rotatable bonds is 2. The molecule has 0 aliphatic carbocycles. The highest BCUT2D eigenvalue weighted by atomic mass is 35.5. The van der Waals surface area contributed by atoms with Crippen molar-refractivity contribution in [2.75, 3.05) is 5.75 Å². The van der Waals surface area contributed by atoms with Gasteiger partial charge in [-0.1, -0.05) is 12.5 Å². The minimum atomic E-state index is -3.06. The van der Waals surface area contributed by atoms with E-state index < -0.39 is 20.5 Å². The monoisotopic (exact) mass is 314 g/mol. The first-order valence-electron chi connectivity index (χ1n) is 7.18. The van der Waals surface area contributed by atoms with Crippen molar-refractivity contribution in [2.45, 2.75) is 57.6 Å². The molecule has 2 unspecified atom stereocenters. The van der Waals surface area contributed by atoms with Crippen molar-refractivity contribution in [2.24, 2.45) is 0 Å². The van der Waals surface area contributed by atoms with Gasteiger partial charge in [-0.3, -0.25) is 0 Å². The zero-order chi connectivity index (χ0) is 15.1. The van der Waals surface area contributed by atoms with Crippen molar-refractivity contribution in [3.8, 4) is 0 Å². The third-order valence-corrected chi connectivity index (χ3v) is 7.61. The number of benzene rings is 1. The molecule has 1 fully saturated rings. The molecule has 2 atom stereocenters. The van der Waals surface area contributed by atoms with E-state index in [9.17, 15) is 8.42 Å². The largest absolute Gasteiger partial charge is 0.228 e. The third-order valence-electron chi connectivity index (χ3n) is 4.65. The Hall–Kier alpha value is -0.540. The van der Waals surface area contributed by atoms with Gasteiger partial charge >= 0.3 is 0 Å². The van der Waals surface area contributed by atoms with Gasteiger partial charge in [-0.25, -0.2) is 8.42 Å². The van der Waals surface area contributed by atoms with Crippen LogP contribution in [0.4, 0.5) is 0 Å². The minimum Gasteiger partial charge on any atom is -0.228 e. The van der Waals surface area contributed by atoms with Crippen LogP contribution in [0, 0.1) is 27.7 Å². The van der Waals surface area contributed by atoms with E-state index in [0.29, 0.717) is 6.42 Å². The summed E-state index contributed by atoms with van der Waals surface area (Å²) in [6.45, 7) is 8.21. The van der Waals surface area contributed by atoms with E-state index in [1.807, 2.05) is 13.8 Å². The average molecular weight is 315 g/mol. The van der Waals surface area contributed by atoms with E-state index >= 15 is 0 Å². The maximum absolute atomic E-state index is 12.3. The van der Waals surface area contributed by atoms with Gasteiger partial charge in [0.05, 0.1) is 16.4 Å². The number of sulfone groups is 1. The van der Waals surface area contributed by atoms with Gasteiger partial charge in [0.15, 0.2) is 9.84 Å². The Morgan fingerprint density at radius 3 is 2.15 bits per heavy atom. The fourth-order valence-electron chi connectivity index (χ4n) is 3.15. The molecular formula is C16H23ClO2S. The highest BCUT2D eigenvalue weighted by molar-refractivity contribution is 7.92. The second kappa shape index (κ2) is 5.69. The second-order valence-electron chi connectivity index (χ2n) is 5.98.